The predicted octanol–water partition coefficient (Wildman–Crippen LogP) is 2.13. The summed E-state index contributed by atoms with van der Waals surface area (Å²) in [6.07, 6.45) is 6.69. The van der Waals surface area contributed by atoms with Crippen LogP contribution in [0.4, 0.5) is 0 Å². The summed E-state index contributed by atoms with van der Waals surface area (Å²) in [6.45, 7) is 2.73. The maximum atomic E-state index is 12.4. The van der Waals surface area contributed by atoms with E-state index < -0.39 is 11.9 Å². The second kappa shape index (κ2) is 12.1. The highest BCUT2D eigenvalue weighted by Gasteiger charge is 2.27. The minimum atomic E-state index is -1.82. The van der Waals surface area contributed by atoms with Gasteiger partial charge in [0.1, 0.15) is 11.5 Å². The number of carbonyl (C=O) groups excluding carboxylic acids is 1. The molecule has 1 aliphatic heterocycles. The van der Waals surface area contributed by atoms with Gasteiger partial charge in [-0.1, -0.05) is 12.8 Å². The van der Waals surface area contributed by atoms with Gasteiger partial charge in [0, 0.05) is 24.1 Å². The van der Waals surface area contributed by atoms with Crippen molar-refractivity contribution in [3.05, 3.63) is 23.8 Å². The summed E-state index contributed by atoms with van der Waals surface area (Å²) in [5.74, 6) is -1.47. The van der Waals surface area contributed by atoms with Gasteiger partial charge in [-0.2, -0.15) is 0 Å². The fourth-order valence-electron chi connectivity index (χ4n) is 3.99. The number of methoxy groups -OCH3 is 2. The van der Waals surface area contributed by atoms with Gasteiger partial charge in [-0.15, -0.1) is 0 Å². The minimum absolute atomic E-state index is 0.170. The summed E-state index contributed by atoms with van der Waals surface area (Å²) in [7, 11) is 3.38. The van der Waals surface area contributed by atoms with Crippen LogP contribution in [-0.4, -0.2) is 66.3 Å². The van der Waals surface area contributed by atoms with E-state index in [-0.39, 0.29) is 11.8 Å². The van der Waals surface area contributed by atoms with E-state index in [0.29, 0.717) is 6.04 Å². The maximum Gasteiger partial charge on any atom is 0.414 e. The molecule has 0 radical (unpaired) electrons. The zero-order valence-electron chi connectivity index (χ0n) is 18.1. The fraction of sp³-hybridized carbons (Fsp3) is 0.591. The molecule has 9 nitrogen and oxygen atoms in total. The minimum Gasteiger partial charge on any atom is -0.497 e. The van der Waals surface area contributed by atoms with Crippen molar-refractivity contribution in [1.82, 2.24) is 10.2 Å². The van der Waals surface area contributed by atoms with Gasteiger partial charge in [-0.25, -0.2) is 9.59 Å². The first kappa shape index (κ1) is 24.5. The highest BCUT2D eigenvalue weighted by atomic mass is 16.5. The number of benzene rings is 1. The zero-order valence-corrected chi connectivity index (χ0v) is 18.1. The lowest BCUT2D eigenvalue weighted by molar-refractivity contribution is -0.159. The van der Waals surface area contributed by atoms with E-state index in [1.54, 1.807) is 14.2 Å². The molecule has 0 aromatic heterocycles. The van der Waals surface area contributed by atoms with Crippen molar-refractivity contribution < 1.29 is 34.1 Å². The van der Waals surface area contributed by atoms with Gasteiger partial charge < -0.3 is 25.0 Å². The first-order valence-corrected chi connectivity index (χ1v) is 10.5. The Morgan fingerprint density at radius 1 is 1.00 bits per heavy atom. The molecule has 1 aromatic carbocycles. The van der Waals surface area contributed by atoms with Crippen molar-refractivity contribution in [2.45, 2.75) is 51.1 Å². The number of carbonyl (C=O) groups is 3. The van der Waals surface area contributed by atoms with E-state index in [1.165, 1.54) is 12.8 Å². The van der Waals surface area contributed by atoms with Gasteiger partial charge in [-0.05, 0) is 57.0 Å². The second-order valence-electron chi connectivity index (χ2n) is 7.83. The SMILES string of the molecule is COc1ccc(OC)c(CN2CCC(C(=O)NC3CCCC3)CC2)c1.O=C(O)C(=O)O. The molecule has 1 amide bonds. The van der Waals surface area contributed by atoms with E-state index in [2.05, 4.69) is 10.2 Å². The van der Waals surface area contributed by atoms with Crippen LogP contribution in [0, 0.1) is 5.92 Å². The van der Waals surface area contributed by atoms with Crippen LogP contribution in [0.15, 0.2) is 18.2 Å². The summed E-state index contributed by atoms with van der Waals surface area (Å²) in [4.78, 5) is 33.0. The first-order valence-electron chi connectivity index (χ1n) is 10.5. The average Bonchev–Trinajstić information content (AvgIpc) is 3.27. The van der Waals surface area contributed by atoms with Gasteiger partial charge in [0.2, 0.25) is 5.91 Å². The number of piperidine rings is 1. The Balaban J connectivity index is 0.000000501. The maximum absolute atomic E-state index is 12.4. The molecule has 1 aromatic rings. The van der Waals surface area contributed by atoms with Gasteiger partial charge in [0.05, 0.1) is 14.2 Å². The van der Waals surface area contributed by atoms with E-state index >= 15 is 0 Å². The molecule has 172 valence electrons. The molecule has 0 atom stereocenters. The van der Waals surface area contributed by atoms with Crippen molar-refractivity contribution in [3.63, 3.8) is 0 Å². The average molecular weight is 437 g/mol. The molecular weight excluding hydrogens is 404 g/mol. The third-order valence-electron chi connectivity index (χ3n) is 5.72. The smallest absolute Gasteiger partial charge is 0.414 e. The van der Waals surface area contributed by atoms with E-state index in [0.717, 1.165) is 62.4 Å². The van der Waals surface area contributed by atoms with Crippen molar-refractivity contribution in [2.24, 2.45) is 5.92 Å². The summed E-state index contributed by atoms with van der Waals surface area (Å²) >= 11 is 0. The highest BCUT2D eigenvalue weighted by molar-refractivity contribution is 6.27. The molecule has 0 unspecified atom stereocenters. The van der Waals surface area contributed by atoms with Crippen molar-refractivity contribution in [3.8, 4) is 11.5 Å². The van der Waals surface area contributed by atoms with E-state index in [4.69, 9.17) is 29.3 Å². The lowest BCUT2D eigenvalue weighted by atomic mass is 9.95. The molecule has 3 N–H and O–H groups in total. The molecule has 1 saturated carbocycles. The standard InChI is InChI=1S/C20H30N2O3.C2H2O4/c1-24-18-7-8-19(25-2)16(13-18)14-22-11-9-15(10-12-22)20(23)21-17-5-3-4-6-17;3-1(4)2(5)6/h7-8,13,15,17H,3-6,9-12,14H2,1-2H3,(H,21,23);(H,3,4)(H,5,6). The van der Waals surface area contributed by atoms with Crippen LogP contribution in [0.2, 0.25) is 0 Å². The molecule has 3 rings (SSSR count). The predicted molar refractivity (Wildman–Crippen MR) is 113 cm³/mol. The van der Waals surface area contributed by atoms with Crippen LogP contribution < -0.4 is 14.8 Å². The van der Waals surface area contributed by atoms with Crippen LogP contribution in [0.25, 0.3) is 0 Å². The van der Waals surface area contributed by atoms with Crippen molar-refractivity contribution >= 4 is 17.8 Å². The monoisotopic (exact) mass is 436 g/mol. The number of carboxylic acids is 2. The van der Waals surface area contributed by atoms with E-state index in [9.17, 15) is 4.79 Å². The number of hydrogen-bond donors (Lipinski definition) is 3. The molecular formula is C22H32N2O7. The summed E-state index contributed by atoms with van der Waals surface area (Å²) in [6, 6.07) is 6.34. The lowest BCUT2D eigenvalue weighted by Gasteiger charge is -2.32. The second-order valence-corrected chi connectivity index (χ2v) is 7.83. The number of nitrogens with one attached hydrogen (secondary N) is 1. The number of rotatable bonds is 6. The third kappa shape index (κ3) is 7.75. The molecule has 0 bridgehead atoms. The molecule has 1 saturated heterocycles. The van der Waals surface area contributed by atoms with Gasteiger partial charge in [-0.3, -0.25) is 9.69 Å². The van der Waals surface area contributed by atoms with Crippen LogP contribution in [0.1, 0.15) is 44.1 Å². The van der Waals surface area contributed by atoms with Crippen molar-refractivity contribution in [2.75, 3.05) is 27.3 Å². The Hall–Kier alpha value is -2.81. The van der Waals surface area contributed by atoms with Gasteiger partial charge in [0.25, 0.3) is 0 Å². The van der Waals surface area contributed by atoms with Crippen LogP contribution >= 0.6 is 0 Å². The topological polar surface area (TPSA) is 125 Å². The van der Waals surface area contributed by atoms with Gasteiger partial charge >= 0.3 is 11.9 Å². The number of hydrogen-bond acceptors (Lipinski definition) is 6. The molecule has 1 heterocycles. The Bertz CT molecular complexity index is 742. The number of carboxylic acid groups (broad SMARTS) is 2. The molecule has 31 heavy (non-hydrogen) atoms. The first-order chi connectivity index (χ1) is 14.8. The molecule has 9 heteroatoms. The summed E-state index contributed by atoms with van der Waals surface area (Å²) < 4.78 is 10.8. The summed E-state index contributed by atoms with van der Waals surface area (Å²) in [5, 5.41) is 18.0. The number of ether oxygens (including phenoxy) is 2. The zero-order chi connectivity index (χ0) is 22.8. The quantitative estimate of drug-likeness (QED) is 0.579. The molecule has 2 aliphatic rings. The van der Waals surface area contributed by atoms with Crippen LogP contribution in [0.3, 0.4) is 0 Å². The Morgan fingerprint density at radius 2 is 1.61 bits per heavy atom. The third-order valence-corrected chi connectivity index (χ3v) is 5.72. The Kier molecular flexibility index (Phi) is 9.58. The number of amides is 1. The van der Waals surface area contributed by atoms with Gasteiger partial charge in [0.15, 0.2) is 0 Å². The molecule has 2 fully saturated rings. The lowest BCUT2D eigenvalue weighted by Crippen LogP contribution is -2.43. The number of aliphatic carboxylic acids is 2. The largest absolute Gasteiger partial charge is 0.497 e. The molecule has 1 aliphatic carbocycles. The van der Waals surface area contributed by atoms with Crippen molar-refractivity contribution in [1.29, 1.82) is 0 Å². The van der Waals surface area contributed by atoms with E-state index in [1.807, 2.05) is 18.2 Å². The highest BCUT2D eigenvalue weighted by Crippen LogP contribution is 2.27. The van der Waals surface area contributed by atoms with Crippen LogP contribution in [-0.2, 0) is 20.9 Å². The Morgan fingerprint density at radius 3 is 2.13 bits per heavy atom. The van der Waals surface area contributed by atoms with Crippen LogP contribution in [0.5, 0.6) is 11.5 Å². The number of nitrogens with zero attached hydrogens (tertiary/aromatic N) is 1. The number of likely N-dealkylation sites (tertiary alicyclic amines) is 1. The Labute approximate surface area is 182 Å². The fourth-order valence-corrected chi connectivity index (χ4v) is 3.99. The normalized spacial score (nSPS) is 17.4. The summed E-state index contributed by atoms with van der Waals surface area (Å²) in [5.41, 5.74) is 1.13. The molecule has 0 spiro atoms.